The van der Waals surface area contributed by atoms with Crippen molar-refractivity contribution in [2.75, 3.05) is 40.3 Å². The maximum atomic E-state index is 12.3. The molecule has 0 aliphatic carbocycles. The predicted octanol–water partition coefficient (Wildman–Crippen LogP) is 2.53. The number of benzene rings is 1. The lowest BCUT2D eigenvalue weighted by molar-refractivity contribution is -0.132. The van der Waals surface area contributed by atoms with E-state index in [1.165, 1.54) is 0 Å². The van der Waals surface area contributed by atoms with E-state index in [0.717, 1.165) is 48.2 Å². The molecule has 1 fully saturated rings. The summed E-state index contributed by atoms with van der Waals surface area (Å²) < 4.78 is 5.18. The predicted molar refractivity (Wildman–Crippen MR) is 96.5 cm³/mol. The summed E-state index contributed by atoms with van der Waals surface area (Å²) in [6.07, 6.45) is 1.24. The molecule has 128 valence electrons. The van der Waals surface area contributed by atoms with Crippen LogP contribution in [0.15, 0.2) is 29.6 Å². The van der Waals surface area contributed by atoms with E-state index < -0.39 is 0 Å². The van der Waals surface area contributed by atoms with Crippen molar-refractivity contribution in [3.63, 3.8) is 0 Å². The summed E-state index contributed by atoms with van der Waals surface area (Å²) in [4.78, 5) is 21.2. The molecular weight excluding hydrogens is 322 g/mol. The summed E-state index contributed by atoms with van der Waals surface area (Å²) in [6.45, 7) is 3.60. The van der Waals surface area contributed by atoms with Gasteiger partial charge >= 0.3 is 0 Å². The highest BCUT2D eigenvalue weighted by Gasteiger charge is 2.19. The zero-order valence-electron chi connectivity index (χ0n) is 14.2. The number of carbonyl (C=O) groups is 1. The molecule has 2 heterocycles. The summed E-state index contributed by atoms with van der Waals surface area (Å²) in [5.74, 6) is 1.08. The number of carbonyl (C=O) groups excluding carboxylic acids is 1. The lowest BCUT2D eigenvalue weighted by Gasteiger charge is -2.32. The number of aryl methyl sites for hydroxylation is 1. The van der Waals surface area contributed by atoms with Crippen molar-refractivity contribution in [3.8, 4) is 16.3 Å². The quantitative estimate of drug-likeness (QED) is 0.835. The third-order valence-electron chi connectivity index (χ3n) is 4.34. The smallest absolute Gasteiger partial charge is 0.223 e. The van der Waals surface area contributed by atoms with Crippen LogP contribution in [0, 0.1) is 0 Å². The molecule has 0 spiro atoms. The second-order valence-electron chi connectivity index (χ2n) is 6.06. The van der Waals surface area contributed by atoms with Crippen molar-refractivity contribution in [2.45, 2.75) is 12.8 Å². The Bertz CT molecular complexity index is 676. The molecule has 1 aliphatic heterocycles. The standard InChI is InChI=1S/C18H23N3O2S/c1-20-9-11-21(12-10-20)17(22)8-5-15-13-24-18(19-15)14-3-6-16(23-2)7-4-14/h3-4,6-7,13H,5,8-12H2,1-2H3. The number of aromatic nitrogens is 1. The number of amides is 1. The highest BCUT2D eigenvalue weighted by Crippen LogP contribution is 2.26. The molecule has 0 atom stereocenters. The number of piperazine rings is 1. The highest BCUT2D eigenvalue weighted by atomic mass is 32.1. The molecule has 24 heavy (non-hydrogen) atoms. The number of nitrogens with zero attached hydrogens (tertiary/aromatic N) is 3. The molecule has 3 rings (SSSR count). The van der Waals surface area contributed by atoms with Crippen molar-refractivity contribution in [3.05, 3.63) is 35.3 Å². The molecule has 1 aromatic heterocycles. The van der Waals surface area contributed by atoms with E-state index in [0.29, 0.717) is 12.8 Å². The van der Waals surface area contributed by atoms with Crippen LogP contribution < -0.4 is 4.74 Å². The van der Waals surface area contributed by atoms with E-state index in [-0.39, 0.29) is 5.91 Å². The Kier molecular flexibility index (Phi) is 5.48. The van der Waals surface area contributed by atoms with Gasteiger partial charge in [-0.3, -0.25) is 4.79 Å². The van der Waals surface area contributed by atoms with Crippen LogP contribution in [0.2, 0.25) is 0 Å². The lowest BCUT2D eigenvalue weighted by atomic mass is 10.2. The monoisotopic (exact) mass is 345 g/mol. The van der Waals surface area contributed by atoms with E-state index in [2.05, 4.69) is 22.3 Å². The van der Waals surface area contributed by atoms with Crippen LogP contribution in [0.25, 0.3) is 10.6 Å². The molecule has 1 amide bonds. The first-order chi connectivity index (χ1) is 11.7. The number of likely N-dealkylation sites (N-methyl/N-ethyl adjacent to an activating group) is 1. The van der Waals surface area contributed by atoms with Crippen molar-refractivity contribution < 1.29 is 9.53 Å². The van der Waals surface area contributed by atoms with E-state index in [4.69, 9.17) is 4.74 Å². The van der Waals surface area contributed by atoms with E-state index >= 15 is 0 Å². The van der Waals surface area contributed by atoms with Crippen LogP contribution >= 0.6 is 11.3 Å². The maximum Gasteiger partial charge on any atom is 0.223 e. The van der Waals surface area contributed by atoms with E-state index in [9.17, 15) is 4.79 Å². The average Bonchev–Trinajstić information content (AvgIpc) is 3.09. The van der Waals surface area contributed by atoms with Crippen molar-refractivity contribution in [1.29, 1.82) is 0 Å². The summed E-state index contributed by atoms with van der Waals surface area (Å²) >= 11 is 1.62. The second-order valence-corrected chi connectivity index (χ2v) is 6.91. The zero-order valence-corrected chi connectivity index (χ0v) is 15.0. The minimum absolute atomic E-state index is 0.238. The molecule has 0 unspecified atom stereocenters. The number of hydrogen-bond acceptors (Lipinski definition) is 5. The molecule has 1 aromatic carbocycles. The fourth-order valence-corrected chi connectivity index (χ4v) is 3.60. The molecule has 6 heteroatoms. The van der Waals surface area contributed by atoms with E-state index in [1.54, 1.807) is 18.4 Å². The molecular formula is C18H23N3O2S. The number of rotatable bonds is 5. The van der Waals surface area contributed by atoms with Gasteiger partial charge in [0.1, 0.15) is 10.8 Å². The van der Waals surface area contributed by atoms with Crippen LogP contribution in [-0.2, 0) is 11.2 Å². The molecule has 1 saturated heterocycles. The van der Waals surface area contributed by atoms with Gasteiger partial charge < -0.3 is 14.5 Å². The van der Waals surface area contributed by atoms with Crippen LogP contribution in [0.3, 0.4) is 0 Å². The molecule has 0 bridgehead atoms. The molecule has 0 saturated carbocycles. The second kappa shape index (κ2) is 7.77. The van der Waals surface area contributed by atoms with Crippen molar-refractivity contribution >= 4 is 17.2 Å². The number of thiazole rings is 1. The topological polar surface area (TPSA) is 45.7 Å². The van der Waals surface area contributed by atoms with Crippen LogP contribution in [0.1, 0.15) is 12.1 Å². The number of ether oxygens (including phenoxy) is 1. The van der Waals surface area contributed by atoms with Crippen molar-refractivity contribution in [2.24, 2.45) is 0 Å². The van der Waals surface area contributed by atoms with Crippen LogP contribution in [0.4, 0.5) is 0 Å². The van der Waals surface area contributed by atoms with Gasteiger partial charge in [-0.15, -0.1) is 11.3 Å². The summed E-state index contributed by atoms with van der Waals surface area (Å²) in [5.41, 5.74) is 2.07. The van der Waals surface area contributed by atoms with Crippen LogP contribution in [0.5, 0.6) is 5.75 Å². The van der Waals surface area contributed by atoms with Gasteiger partial charge in [-0.05, 0) is 37.7 Å². The van der Waals surface area contributed by atoms with Crippen LogP contribution in [-0.4, -0.2) is 61.0 Å². The van der Waals surface area contributed by atoms with Gasteiger partial charge in [0.05, 0.1) is 12.8 Å². The normalized spacial score (nSPS) is 15.5. The van der Waals surface area contributed by atoms with Gasteiger partial charge in [-0.25, -0.2) is 4.98 Å². The average molecular weight is 345 g/mol. The molecule has 1 aliphatic rings. The van der Waals surface area contributed by atoms with Gasteiger partial charge in [0.15, 0.2) is 0 Å². The Labute approximate surface area is 146 Å². The molecule has 0 radical (unpaired) electrons. The van der Waals surface area contributed by atoms with Crippen molar-refractivity contribution in [1.82, 2.24) is 14.8 Å². The number of methoxy groups -OCH3 is 1. The summed E-state index contributed by atoms with van der Waals surface area (Å²) in [6, 6.07) is 7.90. The van der Waals surface area contributed by atoms with Gasteiger partial charge in [0, 0.05) is 43.5 Å². The Hall–Kier alpha value is -1.92. The van der Waals surface area contributed by atoms with Gasteiger partial charge in [-0.1, -0.05) is 0 Å². The molecule has 5 nitrogen and oxygen atoms in total. The highest BCUT2D eigenvalue weighted by molar-refractivity contribution is 7.13. The Morgan fingerprint density at radius 3 is 2.58 bits per heavy atom. The third-order valence-corrected chi connectivity index (χ3v) is 5.28. The summed E-state index contributed by atoms with van der Waals surface area (Å²) in [7, 11) is 3.76. The minimum atomic E-state index is 0.238. The maximum absolute atomic E-state index is 12.3. The fourth-order valence-electron chi connectivity index (χ4n) is 2.74. The van der Waals surface area contributed by atoms with Gasteiger partial charge in [0.2, 0.25) is 5.91 Å². The fraction of sp³-hybridized carbons (Fsp3) is 0.444. The zero-order chi connectivity index (χ0) is 16.9. The Balaban J connectivity index is 1.55. The van der Waals surface area contributed by atoms with Gasteiger partial charge in [-0.2, -0.15) is 0 Å². The largest absolute Gasteiger partial charge is 0.497 e. The Morgan fingerprint density at radius 1 is 1.21 bits per heavy atom. The third kappa shape index (κ3) is 4.13. The Morgan fingerprint density at radius 2 is 1.92 bits per heavy atom. The first-order valence-electron chi connectivity index (χ1n) is 8.21. The first kappa shape index (κ1) is 16.9. The molecule has 2 aromatic rings. The minimum Gasteiger partial charge on any atom is -0.497 e. The molecule has 0 N–H and O–H groups in total. The SMILES string of the molecule is COc1ccc(-c2nc(CCC(=O)N3CCN(C)CC3)cs2)cc1. The van der Waals surface area contributed by atoms with Gasteiger partial charge in [0.25, 0.3) is 0 Å². The van der Waals surface area contributed by atoms with E-state index in [1.807, 2.05) is 29.2 Å². The summed E-state index contributed by atoms with van der Waals surface area (Å²) in [5, 5.41) is 3.04. The number of hydrogen-bond donors (Lipinski definition) is 0. The first-order valence-corrected chi connectivity index (χ1v) is 9.09. The lowest BCUT2D eigenvalue weighted by Crippen LogP contribution is -2.47.